The largest absolute Gasteiger partial charge is 0.367 e. The summed E-state index contributed by atoms with van der Waals surface area (Å²) in [5.41, 5.74) is 3.46. The molecule has 0 radical (unpaired) electrons. The summed E-state index contributed by atoms with van der Waals surface area (Å²) < 4.78 is 14.1. The zero-order chi connectivity index (χ0) is 17.6. The lowest BCUT2D eigenvalue weighted by Gasteiger charge is -2.36. The van der Waals surface area contributed by atoms with Crippen LogP contribution in [0, 0.1) is 24.1 Å². The molecule has 0 unspecified atom stereocenters. The minimum atomic E-state index is -0.306. The quantitative estimate of drug-likeness (QED) is 0.840. The Morgan fingerprint density at radius 2 is 1.96 bits per heavy atom. The zero-order valence-corrected chi connectivity index (χ0v) is 14.6. The molecule has 0 bridgehead atoms. The third-order valence-electron chi connectivity index (χ3n) is 4.66. The second kappa shape index (κ2) is 8.09. The molecule has 5 heteroatoms. The first-order chi connectivity index (χ1) is 12.2. The number of aromatic nitrogens is 1. The Kier molecular flexibility index (Phi) is 5.62. The monoisotopic (exact) mass is 338 g/mol. The van der Waals surface area contributed by atoms with Crippen LogP contribution in [-0.4, -0.2) is 42.6 Å². The molecule has 0 atom stereocenters. The average Bonchev–Trinajstić information content (AvgIpc) is 2.62. The highest BCUT2D eigenvalue weighted by Crippen LogP contribution is 2.22. The Hall–Kier alpha value is -2.45. The molecular formula is C20H23FN4. The minimum absolute atomic E-state index is 0.306. The highest BCUT2D eigenvalue weighted by Gasteiger charge is 2.19. The standard InChI is InChI=1S/C20H23FN4/c1-16-11-18(15-23-14-16)3-2-6-24-7-9-25(10-8-24)20-5-4-17(13-22)12-19(20)21/h4-5,11-12,14-15H,2-3,6-10H2,1H3. The van der Waals surface area contributed by atoms with E-state index in [9.17, 15) is 4.39 Å². The summed E-state index contributed by atoms with van der Waals surface area (Å²) in [7, 11) is 0. The number of aryl methyl sites for hydroxylation is 2. The van der Waals surface area contributed by atoms with Crippen LogP contribution in [0.4, 0.5) is 10.1 Å². The number of benzene rings is 1. The fourth-order valence-corrected chi connectivity index (χ4v) is 3.31. The molecule has 4 nitrogen and oxygen atoms in total. The van der Waals surface area contributed by atoms with E-state index in [4.69, 9.17) is 5.26 Å². The number of pyridine rings is 1. The van der Waals surface area contributed by atoms with Gasteiger partial charge in [0.05, 0.1) is 17.3 Å². The van der Waals surface area contributed by atoms with Crippen LogP contribution in [0.5, 0.6) is 0 Å². The lowest BCUT2D eigenvalue weighted by atomic mass is 10.1. The van der Waals surface area contributed by atoms with Crippen LogP contribution in [0.25, 0.3) is 0 Å². The molecule has 1 saturated heterocycles. The number of hydrogen-bond acceptors (Lipinski definition) is 4. The van der Waals surface area contributed by atoms with Crippen molar-refractivity contribution < 1.29 is 4.39 Å². The van der Waals surface area contributed by atoms with Crippen molar-refractivity contribution >= 4 is 5.69 Å². The fraction of sp³-hybridized carbons (Fsp3) is 0.400. The topological polar surface area (TPSA) is 43.2 Å². The first kappa shape index (κ1) is 17.4. The third-order valence-corrected chi connectivity index (χ3v) is 4.66. The Balaban J connectivity index is 1.46. The highest BCUT2D eigenvalue weighted by molar-refractivity contribution is 5.51. The van der Waals surface area contributed by atoms with Crippen LogP contribution in [-0.2, 0) is 6.42 Å². The molecule has 1 aromatic carbocycles. The van der Waals surface area contributed by atoms with Crippen molar-refractivity contribution in [2.45, 2.75) is 19.8 Å². The van der Waals surface area contributed by atoms with Gasteiger partial charge in [0.2, 0.25) is 0 Å². The summed E-state index contributed by atoms with van der Waals surface area (Å²) in [6.45, 7) is 6.62. The van der Waals surface area contributed by atoms with Gasteiger partial charge in [0.1, 0.15) is 5.82 Å². The predicted molar refractivity (Wildman–Crippen MR) is 97.1 cm³/mol. The summed E-state index contributed by atoms with van der Waals surface area (Å²) >= 11 is 0. The van der Waals surface area contributed by atoms with E-state index in [0.717, 1.165) is 45.6 Å². The summed E-state index contributed by atoms with van der Waals surface area (Å²) in [5.74, 6) is -0.306. The van der Waals surface area contributed by atoms with Gasteiger partial charge in [-0.3, -0.25) is 9.88 Å². The smallest absolute Gasteiger partial charge is 0.147 e. The average molecular weight is 338 g/mol. The molecule has 1 aliphatic heterocycles. The Bertz CT molecular complexity index is 761. The van der Waals surface area contributed by atoms with Gasteiger partial charge in [-0.15, -0.1) is 0 Å². The molecule has 25 heavy (non-hydrogen) atoms. The number of anilines is 1. The molecule has 1 aliphatic rings. The van der Waals surface area contributed by atoms with E-state index in [1.54, 1.807) is 12.1 Å². The molecule has 130 valence electrons. The summed E-state index contributed by atoms with van der Waals surface area (Å²) in [6, 6.07) is 8.88. The van der Waals surface area contributed by atoms with Crippen molar-refractivity contribution in [1.29, 1.82) is 5.26 Å². The second-order valence-corrected chi connectivity index (χ2v) is 6.58. The Morgan fingerprint density at radius 3 is 2.64 bits per heavy atom. The minimum Gasteiger partial charge on any atom is -0.367 e. The molecule has 2 heterocycles. The van der Waals surface area contributed by atoms with Crippen LogP contribution < -0.4 is 4.90 Å². The van der Waals surface area contributed by atoms with Gasteiger partial charge < -0.3 is 4.90 Å². The normalized spacial score (nSPS) is 15.2. The van der Waals surface area contributed by atoms with Crippen molar-refractivity contribution in [2.24, 2.45) is 0 Å². The van der Waals surface area contributed by atoms with Crippen LogP contribution in [0.2, 0.25) is 0 Å². The molecule has 1 fully saturated rings. The van der Waals surface area contributed by atoms with E-state index in [1.807, 2.05) is 18.5 Å². The maximum atomic E-state index is 14.1. The molecule has 0 spiro atoms. The number of nitriles is 1. The molecule has 0 aliphatic carbocycles. The lowest BCUT2D eigenvalue weighted by molar-refractivity contribution is 0.254. The maximum absolute atomic E-state index is 14.1. The molecule has 3 rings (SSSR count). The fourth-order valence-electron chi connectivity index (χ4n) is 3.31. The summed E-state index contributed by atoms with van der Waals surface area (Å²) in [6.07, 6.45) is 5.97. The van der Waals surface area contributed by atoms with Gasteiger partial charge in [0.15, 0.2) is 0 Å². The zero-order valence-electron chi connectivity index (χ0n) is 14.6. The van der Waals surface area contributed by atoms with Crippen molar-refractivity contribution in [3.8, 4) is 6.07 Å². The van der Waals surface area contributed by atoms with Gasteiger partial charge >= 0.3 is 0 Å². The van der Waals surface area contributed by atoms with E-state index in [1.165, 1.54) is 17.2 Å². The summed E-state index contributed by atoms with van der Waals surface area (Å²) in [4.78, 5) is 8.74. The first-order valence-corrected chi connectivity index (χ1v) is 8.73. The second-order valence-electron chi connectivity index (χ2n) is 6.58. The Labute approximate surface area is 148 Å². The molecule has 0 saturated carbocycles. The summed E-state index contributed by atoms with van der Waals surface area (Å²) in [5, 5.41) is 8.84. The van der Waals surface area contributed by atoms with E-state index in [0.29, 0.717) is 11.3 Å². The first-order valence-electron chi connectivity index (χ1n) is 8.73. The molecule has 0 N–H and O–H groups in total. The van der Waals surface area contributed by atoms with Gasteiger partial charge in [-0.25, -0.2) is 4.39 Å². The number of rotatable bonds is 5. The van der Waals surface area contributed by atoms with Crippen LogP contribution in [0.15, 0.2) is 36.7 Å². The van der Waals surface area contributed by atoms with Gasteiger partial charge in [-0.1, -0.05) is 6.07 Å². The van der Waals surface area contributed by atoms with Crippen molar-refractivity contribution in [3.63, 3.8) is 0 Å². The number of piperazine rings is 1. The van der Waals surface area contributed by atoms with Gasteiger partial charge in [0, 0.05) is 38.6 Å². The SMILES string of the molecule is Cc1cncc(CCCN2CCN(c3ccc(C#N)cc3F)CC2)c1. The van der Waals surface area contributed by atoms with E-state index in [2.05, 4.69) is 27.8 Å². The lowest BCUT2D eigenvalue weighted by Crippen LogP contribution is -2.47. The van der Waals surface area contributed by atoms with E-state index in [-0.39, 0.29) is 5.82 Å². The van der Waals surface area contributed by atoms with Gasteiger partial charge in [-0.2, -0.15) is 5.26 Å². The maximum Gasteiger partial charge on any atom is 0.147 e. The van der Waals surface area contributed by atoms with E-state index < -0.39 is 0 Å². The Morgan fingerprint density at radius 1 is 1.16 bits per heavy atom. The molecule has 1 aromatic heterocycles. The van der Waals surface area contributed by atoms with Gasteiger partial charge in [-0.05, 0) is 55.6 Å². The van der Waals surface area contributed by atoms with Crippen molar-refractivity contribution in [1.82, 2.24) is 9.88 Å². The van der Waals surface area contributed by atoms with Crippen LogP contribution >= 0.6 is 0 Å². The predicted octanol–water partition coefficient (Wildman–Crippen LogP) is 3.16. The van der Waals surface area contributed by atoms with Crippen LogP contribution in [0.1, 0.15) is 23.1 Å². The highest BCUT2D eigenvalue weighted by atomic mass is 19.1. The molecule has 0 amide bonds. The van der Waals surface area contributed by atoms with Crippen LogP contribution in [0.3, 0.4) is 0 Å². The number of halogens is 1. The van der Waals surface area contributed by atoms with Crippen molar-refractivity contribution in [3.05, 3.63) is 59.2 Å². The van der Waals surface area contributed by atoms with E-state index >= 15 is 0 Å². The van der Waals surface area contributed by atoms with Crippen molar-refractivity contribution in [2.75, 3.05) is 37.6 Å². The third kappa shape index (κ3) is 4.55. The van der Waals surface area contributed by atoms with Gasteiger partial charge in [0.25, 0.3) is 0 Å². The molecule has 2 aromatic rings. The number of hydrogen-bond donors (Lipinski definition) is 0. The number of nitrogens with zero attached hydrogens (tertiary/aromatic N) is 4. The molecular weight excluding hydrogens is 315 g/mol.